The van der Waals surface area contributed by atoms with E-state index in [0.29, 0.717) is 12.8 Å². The second-order valence-corrected chi connectivity index (χ2v) is 5.74. The molecule has 0 aliphatic carbocycles. The van der Waals surface area contributed by atoms with E-state index in [9.17, 15) is 15.0 Å². The van der Waals surface area contributed by atoms with Crippen LogP contribution in [-0.4, -0.2) is 33.5 Å². The highest BCUT2D eigenvalue weighted by molar-refractivity contribution is 5.66. The Morgan fingerprint density at radius 3 is 2.33 bits per heavy atom. The second kappa shape index (κ2) is 16.2. The van der Waals surface area contributed by atoms with Crippen molar-refractivity contribution in [2.45, 2.75) is 70.5 Å². The molecule has 0 aromatic rings. The molecular formula is C20H32O4. The minimum Gasteiger partial charge on any atom is -0.481 e. The van der Waals surface area contributed by atoms with Gasteiger partial charge in [0.15, 0.2) is 0 Å². The second-order valence-electron chi connectivity index (χ2n) is 5.74. The van der Waals surface area contributed by atoms with Gasteiger partial charge in [0.2, 0.25) is 0 Å². The number of carboxylic acids is 1. The number of carboxylic acid groups (broad SMARTS) is 1. The fraction of sp³-hybridized carbons (Fsp3) is 0.550. The van der Waals surface area contributed by atoms with Crippen LogP contribution in [0.4, 0.5) is 0 Å². The number of aliphatic carboxylic acids is 1. The maximum absolute atomic E-state index is 10.3. The lowest BCUT2D eigenvalue weighted by Gasteiger charge is -2.11. The normalized spacial score (nSPS) is 15.1. The molecule has 2 atom stereocenters. The highest BCUT2D eigenvalue weighted by Gasteiger charge is 2.10. The molecule has 2 unspecified atom stereocenters. The highest BCUT2D eigenvalue weighted by Crippen LogP contribution is 2.05. The van der Waals surface area contributed by atoms with Crippen LogP contribution in [0.2, 0.25) is 0 Å². The van der Waals surface area contributed by atoms with Crippen LogP contribution in [0, 0.1) is 0 Å². The minimum absolute atomic E-state index is 0.186. The van der Waals surface area contributed by atoms with Crippen LogP contribution in [0.5, 0.6) is 0 Å². The maximum Gasteiger partial charge on any atom is 0.303 e. The van der Waals surface area contributed by atoms with E-state index in [1.54, 1.807) is 18.2 Å². The van der Waals surface area contributed by atoms with Crippen LogP contribution in [-0.2, 0) is 4.79 Å². The summed E-state index contributed by atoms with van der Waals surface area (Å²) >= 11 is 0. The number of hydrogen-bond donors (Lipinski definition) is 3. The lowest BCUT2D eigenvalue weighted by atomic mass is 10.1. The molecule has 0 saturated heterocycles. The Kier molecular flexibility index (Phi) is 15.1. The van der Waals surface area contributed by atoms with E-state index in [0.717, 1.165) is 12.8 Å². The van der Waals surface area contributed by atoms with E-state index < -0.39 is 18.2 Å². The van der Waals surface area contributed by atoms with Crippen molar-refractivity contribution in [1.82, 2.24) is 0 Å². The molecule has 0 rings (SSSR count). The monoisotopic (exact) mass is 336 g/mol. The predicted molar refractivity (Wildman–Crippen MR) is 98.8 cm³/mol. The standard InChI is InChI=1S/C20H32O4/c1-2-3-4-5-9-12-15-18(21)19(22)16-13-10-7-6-8-11-14-17-20(23)24/h6-10,12-13,16,18-19,21-22H,2-5,11,14-15,17H2,1H3,(H,23,24). The van der Waals surface area contributed by atoms with Crippen LogP contribution in [0.3, 0.4) is 0 Å². The Morgan fingerprint density at radius 2 is 1.62 bits per heavy atom. The summed E-state index contributed by atoms with van der Waals surface area (Å²) in [6.45, 7) is 2.17. The first-order valence-electron chi connectivity index (χ1n) is 8.80. The molecule has 0 radical (unpaired) electrons. The third-order valence-corrected chi connectivity index (χ3v) is 3.45. The van der Waals surface area contributed by atoms with E-state index in [-0.39, 0.29) is 6.42 Å². The van der Waals surface area contributed by atoms with Crippen LogP contribution >= 0.6 is 0 Å². The number of allylic oxidation sites excluding steroid dienone is 6. The van der Waals surface area contributed by atoms with Crippen molar-refractivity contribution in [1.29, 1.82) is 0 Å². The molecule has 4 nitrogen and oxygen atoms in total. The molecule has 0 spiro atoms. The van der Waals surface area contributed by atoms with E-state index >= 15 is 0 Å². The van der Waals surface area contributed by atoms with Crippen molar-refractivity contribution in [3.05, 3.63) is 48.6 Å². The predicted octanol–water partition coefficient (Wildman–Crippen LogP) is 4.16. The van der Waals surface area contributed by atoms with Crippen molar-refractivity contribution in [3.63, 3.8) is 0 Å². The molecule has 0 saturated carbocycles. The topological polar surface area (TPSA) is 77.8 Å². The Balaban J connectivity index is 3.85. The van der Waals surface area contributed by atoms with E-state index in [2.05, 4.69) is 13.0 Å². The summed E-state index contributed by atoms with van der Waals surface area (Å²) in [5.74, 6) is -0.773. The third kappa shape index (κ3) is 15.3. The van der Waals surface area contributed by atoms with E-state index in [1.165, 1.54) is 19.3 Å². The van der Waals surface area contributed by atoms with Crippen LogP contribution in [0.15, 0.2) is 48.6 Å². The smallest absolute Gasteiger partial charge is 0.303 e. The zero-order chi connectivity index (χ0) is 18.0. The van der Waals surface area contributed by atoms with Gasteiger partial charge in [-0.2, -0.15) is 0 Å². The van der Waals surface area contributed by atoms with Gasteiger partial charge in [-0.25, -0.2) is 0 Å². The lowest BCUT2D eigenvalue weighted by molar-refractivity contribution is -0.137. The largest absolute Gasteiger partial charge is 0.481 e. The first-order valence-corrected chi connectivity index (χ1v) is 8.80. The molecule has 0 amide bonds. The molecule has 3 N–H and O–H groups in total. The van der Waals surface area contributed by atoms with Crippen LogP contribution in [0.25, 0.3) is 0 Å². The van der Waals surface area contributed by atoms with Crippen molar-refractivity contribution in [3.8, 4) is 0 Å². The molecule has 0 heterocycles. The SMILES string of the molecule is CCCCCC=CCC(O)C(O)C=CC=CC=CCCCC(=O)O. The van der Waals surface area contributed by atoms with Crippen molar-refractivity contribution in [2.24, 2.45) is 0 Å². The van der Waals surface area contributed by atoms with Gasteiger partial charge in [-0.05, 0) is 32.1 Å². The van der Waals surface area contributed by atoms with Gasteiger partial charge in [0.05, 0.1) is 12.2 Å². The van der Waals surface area contributed by atoms with Crippen molar-refractivity contribution in [2.75, 3.05) is 0 Å². The van der Waals surface area contributed by atoms with Gasteiger partial charge in [0, 0.05) is 6.42 Å². The quantitative estimate of drug-likeness (QED) is 0.253. The first-order chi connectivity index (χ1) is 11.6. The molecule has 0 aromatic heterocycles. The lowest BCUT2D eigenvalue weighted by Crippen LogP contribution is -2.22. The van der Waals surface area contributed by atoms with E-state index in [1.807, 2.05) is 24.3 Å². The summed E-state index contributed by atoms with van der Waals surface area (Å²) in [6, 6.07) is 0. The highest BCUT2D eigenvalue weighted by atomic mass is 16.4. The number of aliphatic hydroxyl groups excluding tert-OH is 2. The van der Waals surface area contributed by atoms with Crippen molar-refractivity contribution >= 4 is 5.97 Å². The zero-order valence-electron chi connectivity index (χ0n) is 14.7. The van der Waals surface area contributed by atoms with Crippen LogP contribution in [0.1, 0.15) is 58.3 Å². The molecule has 0 aromatic carbocycles. The maximum atomic E-state index is 10.3. The molecular weight excluding hydrogens is 304 g/mol. The van der Waals surface area contributed by atoms with Gasteiger partial charge in [0.1, 0.15) is 0 Å². The number of carbonyl (C=O) groups is 1. The average Bonchev–Trinajstić information content (AvgIpc) is 2.55. The molecule has 0 fully saturated rings. The number of aliphatic hydroxyl groups is 2. The third-order valence-electron chi connectivity index (χ3n) is 3.45. The number of rotatable bonds is 14. The molecule has 0 bridgehead atoms. The summed E-state index contributed by atoms with van der Waals surface area (Å²) in [7, 11) is 0. The Morgan fingerprint density at radius 1 is 0.917 bits per heavy atom. The zero-order valence-corrected chi connectivity index (χ0v) is 14.7. The summed E-state index contributed by atoms with van der Waals surface area (Å²) in [6.07, 6.45) is 19.5. The molecule has 0 aliphatic heterocycles. The number of unbranched alkanes of at least 4 members (excludes halogenated alkanes) is 4. The fourth-order valence-corrected chi connectivity index (χ4v) is 1.99. The summed E-state index contributed by atoms with van der Waals surface area (Å²) in [5, 5.41) is 28.1. The first kappa shape index (κ1) is 22.4. The average molecular weight is 336 g/mol. The van der Waals surface area contributed by atoms with Crippen molar-refractivity contribution < 1.29 is 20.1 Å². The molecule has 136 valence electrons. The van der Waals surface area contributed by atoms with Gasteiger partial charge in [-0.3, -0.25) is 4.79 Å². The number of hydrogen-bond acceptors (Lipinski definition) is 3. The summed E-state index contributed by atoms with van der Waals surface area (Å²) < 4.78 is 0. The minimum atomic E-state index is -0.880. The molecule has 0 aliphatic rings. The summed E-state index contributed by atoms with van der Waals surface area (Å²) in [5.41, 5.74) is 0. The summed E-state index contributed by atoms with van der Waals surface area (Å²) in [4.78, 5) is 10.3. The van der Waals surface area contributed by atoms with Gasteiger partial charge in [-0.1, -0.05) is 68.4 Å². The Labute approximate surface area is 145 Å². The Bertz CT molecular complexity index is 421. The van der Waals surface area contributed by atoms with Gasteiger partial charge >= 0.3 is 5.97 Å². The fourth-order valence-electron chi connectivity index (χ4n) is 1.99. The van der Waals surface area contributed by atoms with Gasteiger partial charge in [-0.15, -0.1) is 0 Å². The van der Waals surface area contributed by atoms with Gasteiger partial charge in [0.25, 0.3) is 0 Å². The van der Waals surface area contributed by atoms with E-state index in [4.69, 9.17) is 5.11 Å². The van der Waals surface area contributed by atoms with Gasteiger partial charge < -0.3 is 15.3 Å². The Hall–Kier alpha value is -1.65. The molecule has 4 heteroatoms. The van der Waals surface area contributed by atoms with Crippen LogP contribution < -0.4 is 0 Å². The molecule has 24 heavy (non-hydrogen) atoms.